The van der Waals surface area contributed by atoms with Crippen LogP contribution in [0.15, 0.2) is 53.3 Å². The van der Waals surface area contributed by atoms with Gasteiger partial charge in [0, 0.05) is 23.1 Å². The fourth-order valence-electron chi connectivity index (χ4n) is 2.38. The number of amides is 1. The highest BCUT2D eigenvalue weighted by molar-refractivity contribution is 5.91. The van der Waals surface area contributed by atoms with E-state index in [1.54, 1.807) is 12.1 Å². The molecule has 1 amide bonds. The first-order chi connectivity index (χ1) is 9.74. The van der Waals surface area contributed by atoms with Crippen LogP contribution in [0.5, 0.6) is 0 Å². The van der Waals surface area contributed by atoms with Crippen molar-refractivity contribution in [2.45, 2.75) is 19.4 Å². The molecule has 0 aliphatic carbocycles. The van der Waals surface area contributed by atoms with Gasteiger partial charge in [-0.2, -0.15) is 0 Å². The Balaban J connectivity index is 1.70. The molecule has 0 fully saturated rings. The maximum absolute atomic E-state index is 11.9. The summed E-state index contributed by atoms with van der Waals surface area (Å²) in [5, 5.41) is 4.14. The van der Waals surface area contributed by atoms with Crippen molar-refractivity contribution in [2.75, 3.05) is 0 Å². The molecule has 2 N–H and O–H groups in total. The number of benzene rings is 1. The second-order valence-corrected chi connectivity index (χ2v) is 4.92. The minimum Gasteiger partial charge on any atom is -0.459 e. The molecule has 0 saturated carbocycles. The van der Waals surface area contributed by atoms with Gasteiger partial charge in [0.2, 0.25) is 0 Å². The average Bonchev–Trinajstić information content (AvgIpc) is 3.09. The quantitative estimate of drug-likeness (QED) is 0.763. The minimum atomic E-state index is -0.178. The van der Waals surface area contributed by atoms with Crippen LogP contribution in [0.3, 0.4) is 0 Å². The number of aromatic nitrogens is 1. The number of fused-ring (bicyclic) bond motifs is 1. The van der Waals surface area contributed by atoms with Crippen molar-refractivity contribution in [3.05, 3.63) is 60.2 Å². The lowest BCUT2D eigenvalue weighted by Gasteiger charge is -2.12. The Kier molecular flexibility index (Phi) is 3.29. The zero-order valence-corrected chi connectivity index (χ0v) is 11.2. The van der Waals surface area contributed by atoms with E-state index in [9.17, 15) is 4.79 Å². The number of rotatable bonds is 4. The third kappa shape index (κ3) is 2.45. The Labute approximate surface area is 116 Å². The molecule has 0 saturated heterocycles. The Morgan fingerprint density at radius 1 is 1.30 bits per heavy atom. The highest BCUT2D eigenvalue weighted by Gasteiger charge is 2.13. The van der Waals surface area contributed by atoms with Gasteiger partial charge in [-0.15, -0.1) is 0 Å². The van der Waals surface area contributed by atoms with E-state index in [-0.39, 0.29) is 11.9 Å². The van der Waals surface area contributed by atoms with Crippen molar-refractivity contribution < 1.29 is 9.21 Å². The number of hydrogen-bond donors (Lipinski definition) is 2. The molecule has 3 rings (SSSR count). The van der Waals surface area contributed by atoms with Crippen LogP contribution in [-0.2, 0) is 6.42 Å². The smallest absolute Gasteiger partial charge is 0.287 e. The number of nitrogens with one attached hydrogen (secondary N) is 2. The van der Waals surface area contributed by atoms with Crippen LogP contribution in [0.2, 0.25) is 0 Å². The molecule has 1 unspecified atom stereocenters. The molecule has 0 aliphatic rings. The SMILES string of the molecule is CC(Cc1c[nH]c2ccccc12)NC(=O)c1ccco1. The summed E-state index contributed by atoms with van der Waals surface area (Å²) in [7, 11) is 0. The predicted molar refractivity (Wildman–Crippen MR) is 77.6 cm³/mol. The van der Waals surface area contributed by atoms with Gasteiger partial charge in [-0.05, 0) is 37.1 Å². The van der Waals surface area contributed by atoms with Crippen LogP contribution in [0.25, 0.3) is 10.9 Å². The summed E-state index contributed by atoms with van der Waals surface area (Å²) in [6, 6.07) is 11.6. The molecule has 1 atom stereocenters. The summed E-state index contributed by atoms with van der Waals surface area (Å²) in [5.41, 5.74) is 2.32. The number of furan rings is 1. The monoisotopic (exact) mass is 268 g/mol. The summed E-state index contributed by atoms with van der Waals surface area (Å²) in [6.45, 7) is 1.99. The number of carbonyl (C=O) groups is 1. The van der Waals surface area contributed by atoms with Crippen LogP contribution in [0.4, 0.5) is 0 Å². The van der Waals surface area contributed by atoms with Gasteiger partial charge < -0.3 is 14.7 Å². The van der Waals surface area contributed by atoms with E-state index in [0.717, 1.165) is 11.9 Å². The van der Waals surface area contributed by atoms with Crippen molar-refractivity contribution in [1.82, 2.24) is 10.3 Å². The maximum atomic E-state index is 11.9. The lowest BCUT2D eigenvalue weighted by Crippen LogP contribution is -2.33. The standard InChI is InChI=1S/C16H16N2O2/c1-11(18-16(19)15-7-4-8-20-15)9-12-10-17-14-6-3-2-5-13(12)14/h2-8,10-11,17H,9H2,1H3,(H,18,19). The maximum Gasteiger partial charge on any atom is 0.287 e. The van der Waals surface area contributed by atoms with E-state index in [2.05, 4.69) is 16.4 Å². The van der Waals surface area contributed by atoms with Crippen LogP contribution >= 0.6 is 0 Å². The largest absolute Gasteiger partial charge is 0.459 e. The molecule has 0 aliphatic heterocycles. The van der Waals surface area contributed by atoms with E-state index in [4.69, 9.17) is 4.42 Å². The minimum absolute atomic E-state index is 0.0341. The van der Waals surface area contributed by atoms with Gasteiger partial charge in [0.05, 0.1) is 6.26 Å². The lowest BCUT2D eigenvalue weighted by atomic mass is 10.1. The third-order valence-corrected chi connectivity index (χ3v) is 3.32. The molecule has 2 heterocycles. The second-order valence-electron chi connectivity index (χ2n) is 4.92. The Hall–Kier alpha value is -2.49. The van der Waals surface area contributed by atoms with Gasteiger partial charge in [0.25, 0.3) is 5.91 Å². The van der Waals surface area contributed by atoms with Crippen molar-refractivity contribution in [2.24, 2.45) is 0 Å². The third-order valence-electron chi connectivity index (χ3n) is 3.32. The highest BCUT2D eigenvalue weighted by atomic mass is 16.3. The van der Waals surface area contributed by atoms with Crippen molar-refractivity contribution in [3.8, 4) is 0 Å². The van der Waals surface area contributed by atoms with Crippen LogP contribution in [0, 0.1) is 0 Å². The highest BCUT2D eigenvalue weighted by Crippen LogP contribution is 2.19. The Morgan fingerprint density at radius 2 is 2.15 bits per heavy atom. The van der Waals surface area contributed by atoms with Crippen LogP contribution < -0.4 is 5.32 Å². The van der Waals surface area contributed by atoms with Gasteiger partial charge >= 0.3 is 0 Å². The molecule has 0 spiro atoms. The van der Waals surface area contributed by atoms with Gasteiger partial charge in [-0.25, -0.2) is 0 Å². The van der Waals surface area contributed by atoms with Gasteiger partial charge in [0.15, 0.2) is 5.76 Å². The fourth-order valence-corrected chi connectivity index (χ4v) is 2.38. The van der Waals surface area contributed by atoms with Gasteiger partial charge in [-0.3, -0.25) is 4.79 Å². The molecule has 0 bridgehead atoms. The first-order valence-corrected chi connectivity index (χ1v) is 6.63. The summed E-state index contributed by atoms with van der Waals surface area (Å²) >= 11 is 0. The topological polar surface area (TPSA) is 58.0 Å². The van der Waals surface area contributed by atoms with Crippen LogP contribution in [0.1, 0.15) is 23.0 Å². The molecular formula is C16H16N2O2. The van der Waals surface area contributed by atoms with E-state index in [1.165, 1.54) is 17.2 Å². The molecule has 0 radical (unpaired) electrons. The van der Waals surface area contributed by atoms with Gasteiger partial charge in [0.1, 0.15) is 0 Å². The van der Waals surface area contributed by atoms with Crippen molar-refractivity contribution in [3.63, 3.8) is 0 Å². The first-order valence-electron chi connectivity index (χ1n) is 6.63. The molecule has 4 heteroatoms. The zero-order chi connectivity index (χ0) is 13.9. The van der Waals surface area contributed by atoms with Crippen molar-refractivity contribution >= 4 is 16.8 Å². The van der Waals surface area contributed by atoms with E-state index in [1.807, 2.05) is 31.3 Å². The Morgan fingerprint density at radius 3 is 2.95 bits per heavy atom. The summed E-state index contributed by atoms with van der Waals surface area (Å²) in [5.74, 6) is 0.165. The molecular weight excluding hydrogens is 252 g/mol. The summed E-state index contributed by atoms with van der Waals surface area (Å²) < 4.78 is 5.08. The lowest BCUT2D eigenvalue weighted by molar-refractivity contribution is 0.0912. The molecule has 1 aromatic carbocycles. The number of hydrogen-bond acceptors (Lipinski definition) is 2. The summed E-state index contributed by atoms with van der Waals surface area (Å²) in [6.07, 6.45) is 4.27. The van der Waals surface area contributed by atoms with Gasteiger partial charge in [-0.1, -0.05) is 18.2 Å². The fraction of sp³-hybridized carbons (Fsp3) is 0.188. The number of para-hydroxylation sites is 1. The number of H-pyrrole nitrogens is 1. The average molecular weight is 268 g/mol. The molecule has 102 valence electrons. The normalized spacial score (nSPS) is 12.4. The van der Waals surface area contributed by atoms with E-state index in [0.29, 0.717) is 5.76 Å². The molecule has 20 heavy (non-hydrogen) atoms. The second kappa shape index (κ2) is 5.25. The summed E-state index contributed by atoms with van der Waals surface area (Å²) in [4.78, 5) is 15.1. The molecule has 4 nitrogen and oxygen atoms in total. The predicted octanol–water partition coefficient (Wildman–Crippen LogP) is 3.12. The molecule has 3 aromatic rings. The molecule has 2 aromatic heterocycles. The van der Waals surface area contributed by atoms with Crippen LogP contribution in [-0.4, -0.2) is 16.9 Å². The van der Waals surface area contributed by atoms with Crippen molar-refractivity contribution in [1.29, 1.82) is 0 Å². The first kappa shape index (κ1) is 12.5. The Bertz CT molecular complexity index is 713. The van der Waals surface area contributed by atoms with E-state index >= 15 is 0 Å². The van der Waals surface area contributed by atoms with E-state index < -0.39 is 0 Å². The number of carbonyl (C=O) groups excluding carboxylic acids is 1. The number of aromatic amines is 1. The zero-order valence-electron chi connectivity index (χ0n) is 11.2.